The predicted octanol–water partition coefficient (Wildman–Crippen LogP) is 5.15. The number of hydrogen-bond acceptors (Lipinski definition) is 1. The van der Waals surface area contributed by atoms with Crippen molar-refractivity contribution in [3.05, 3.63) is 47.9 Å². The molecule has 1 unspecified atom stereocenters. The van der Waals surface area contributed by atoms with E-state index in [1.165, 1.54) is 0 Å². The van der Waals surface area contributed by atoms with Gasteiger partial charge in [0.25, 0.3) is 0 Å². The Morgan fingerprint density at radius 3 is 1.89 bits per heavy atom. The summed E-state index contributed by atoms with van der Waals surface area (Å²) in [7, 11) is -1.05. The maximum absolute atomic E-state index is 12.5. The molecule has 0 aromatic rings. The van der Waals surface area contributed by atoms with Crippen molar-refractivity contribution in [2.24, 2.45) is 5.41 Å². The number of hydrogen-bond donors (Lipinski definition) is 0. The lowest BCUT2D eigenvalue weighted by Crippen LogP contribution is -2.25. The molecule has 2 heteroatoms. The Balaban J connectivity index is 5.45. The van der Waals surface area contributed by atoms with E-state index in [-0.39, 0.29) is 10.2 Å². The fourth-order valence-electron chi connectivity index (χ4n) is 1.45. The Bertz CT molecular complexity index is 417. The van der Waals surface area contributed by atoms with Crippen LogP contribution in [0.15, 0.2) is 47.9 Å². The predicted molar refractivity (Wildman–Crippen MR) is 88.5 cm³/mol. The van der Waals surface area contributed by atoms with Crippen LogP contribution in [0.2, 0.25) is 0 Å². The van der Waals surface area contributed by atoms with Gasteiger partial charge >= 0.3 is 0 Å². The second-order valence-corrected chi connectivity index (χ2v) is 8.35. The molecule has 0 N–H and O–H groups in total. The van der Waals surface area contributed by atoms with Crippen molar-refractivity contribution in [2.75, 3.05) is 0 Å². The SMILES string of the molecule is C=C/C(=C\C=C(/C=C)C(C)(C)C)S(=O)C(C)(C)CC. The second kappa shape index (κ2) is 7.04. The van der Waals surface area contributed by atoms with Crippen LogP contribution in [-0.4, -0.2) is 8.96 Å². The zero-order chi connectivity index (χ0) is 15.3. The van der Waals surface area contributed by atoms with Crippen LogP contribution < -0.4 is 0 Å². The van der Waals surface area contributed by atoms with Gasteiger partial charge in [-0.25, -0.2) is 0 Å². The third kappa shape index (κ3) is 5.32. The smallest absolute Gasteiger partial charge is 0.0586 e. The third-order valence-electron chi connectivity index (χ3n) is 3.28. The van der Waals surface area contributed by atoms with Gasteiger partial charge in [-0.3, -0.25) is 4.21 Å². The topological polar surface area (TPSA) is 17.1 Å². The molecule has 0 aliphatic rings. The van der Waals surface area contributed by atoms with E-state index in [0.717, 1.165) is 16.9 Å². The lowest BCUT2D eigenvalue weighted by molar-refractivity contribution is 0.517. The van der Waals surface area contributed by atoms with E-state index >= 15 is 0 Å². The molecule has 0 saturated carbocycles. The molecule has 1 nitrogen and oxygen atoms in total. The van der Waals surface area contributed by atoms with Crippen molar-refractivity contribution in [1.29, 1.82) is 0 Å². The molecule has 0 aromatic carbocycles. The summed E-state index contributed by atoms with van der Waals surface area (Å²) in [4.78, 5) is 0.774. The first-order valence-corrected chi connectivity index (χ1v) is 7.84. The lowest BCUT2D eigenvalue weighted by Gasteiger charge is -2.23. The molecule has 0 bridgehead atoms. The maximum Gasteiger partial charge on any atom is 0.0586 e. The monoisotopic (exact) mass is 280 g/mol. The summed E-state index contributed by atoms with van der Waals surface area (Å²) in [6.07, 6.45) is 8.30. The molecule has 0 amide bonds. The fourth-order valence-corrected chi connectivity index (χ4v) is 2.70. The van der Waals surface area contributed by atoms with Crippen molar-refractivity contribution >= 4 is 10.8 Å². The van der Waals surface area contributed by atoms with Gasteiger partial charge in [-0.2, -0.15) is 0 Å². The van der Waals surface area contributed by atoms with E-state index in [1.807, 2.05) is 32.1 Å². The summed E-state index contributed by atoms with van der Waals surface area (Å²) in [5.41, 5.74) is 1.16. The average molecular weight is 280 g/mol. The van der Waals surface area contributed by atoms with E-state index in [2.05, 4.69) is 40.9 Å². The van der Waals surface area contributed by atoms with E-state index < -0.39 is 10.8 Å². The average Bonchev–Trinajstić information content (AvgIpc) is 2.32. The van der Waals surface area contributed by atoms with Gasteiger partial charge in [0.05, 0.1) is 10.8 Å². The van der Waals surface area contributed by atoms with Crippen molar-refractivity contribution in [1.82, 2.24) is 0 Å². The van der Waals surface area contributed by atoms with E-state index in [9.17, 15) is 4.21 Å². The minimum atomic E-state index is -1.05. The van der Waals surface area contributed by atoms with Crippen LogP contribution in [0.25, 0.3) is 0 Å². The molecule has 108 valence electrons. The molecular weight excluding hydrogens is 252 g/mol. The lowest BCUT2D eigenvalue weighted by atomic mass is 9.86. The molecule has 0 radical (unpaired) electrons. The van der Waals surface area contributed by atoms with Crippen LogP contribution in [0.5, 0.6) is 0 Å². The quantitative estimate of drug-likeness (QED) is 0.615. The van der Waals surface area contributed by atoms with Gasteiger partial charge in [-0.05, 0) is 37.3 Å². The molecule has 19 heavy (non-hydrogen) atoms. The van der Waals surface area contributed by atoms with Crippen molar-refractivity contribution in [3.8, 4) is 0 Å². The van der Waals surface area contributed by atoms with Gasteiger partial charge in [0, 0.05) is 9.65 Å². The Morgan fingerprint density at radius 2 is 1.58 bits per heavy atom. The van der Waals surface area contributed by atoms with Crippen LogP contribution in [0, 0.1) is 5.41 Å². The van der Waals surface area contributed by atoms with Gasteiger partial charge in [-0.1, -0.05) is 59.1 Å². The minimum Gasteiger partial charge on any atom is -0.254 e. The molecule has 0 fully saturated rings. The summed E-state index contributed by atoms with van der Waals surface area (Å²) in [6.45, 7) is 20.1. The Hall–Kier alpha value is -0.890. The van der Waals surface area contributed by atoms with Crippen LogP contribution in [0.4, 0.5) is 0 Å². The molecule has 0 saturated heterocycles. The van der Waals surface area contributed by atoms with Crippen molar-refractivity contribution in [3.63, 3.8) is 0 Å². The molecule has 0 aliphatic carbocycles. The second-order valence-electron chi connectivity index (χ2n) is 6.23. The van der Waals surface area contributed by atoms with Gasteiger partial charge < -0.3 is 0 Å². The third-order valence-corrected chi connectivity index (χ3v) is 5.31. The Morgan fingerprint density at radius 1 is 1.05 bits per heavy atom. The van der Waals surface area contributed by atoms with Crippen molar-refractivity contribution in [2.45, 2.75) is 52.7 Å². The standard InChI is InChI=1S/C17H28OS/c1-9-14(16(4,5)6)12-13-15(10-2)19(18)17(7,8)11-3/h9-10,12-13H,1-2,11H2,3-8H3/b14-12+,15-13+. The van der Waals surface area contributed by atoms with Crippen molar-refractivity contribution < 1.29 is 4.21 Å². The zero-order valence-electron chi connectivity index (χ0n) is 13.2. The van der Waals surface area contributed by atoms with Gasteiger partial charge in [0.2, 0.25) is 0 Å². The zero-order valence-corrected chi connectivity index (χ0v) is 14.1. The molecule has 0 heterocycles. The Labute approximate surface area is 121 Å². The maximum atomic E-state index is 12.5. The highest BCUT2D eigenvalue weighted by atomic mass is 32.2. The number of allylic oxidation sites excluding steroid dienone is 5. The number of rotatable bonds is 6. The largest absolute Gasteiger partial charge is 0.254 e. The molecule has 0 spiro atoms. The highest BCUT2D eigenvalue weighted by Gasteiger charge is 2.25. The van der Waals surface area contributed by atoms with E-state index in [1.54, 1.807) is 6.08 Å². The summed E-state index contributed by atoms with van der Waals surface area (Å²) in [6, 6.07) is 0. The first-order chi connectivity index (χ1) is 8.60. The normalized spacial score (nSPS) is 16.1. The summed E-state index contributed by atoms with van der Waals surface area (Å²) in [5.74, 6) is 0. The van der Waals surface area contributed by atoms with Crippen LogP contribution >= 0.6 is 0 Å². The van der Waals surface area contributed by atoms with Gasteiger partial charge in [0.15, 0.2) is 0 Å². The van der Waals surface area contributed by atoms with Gasteiger partial charge in [-0.15, -0.1) is 0 Å². The highest BCUT2D eigenvalue weighted by molar-refractivity contribution is 7.90. The molecular formula is C17H28OS. The molecule has 0 rings (SSSR count). The van der Waals surface area contributed by atoms with E-state index in [4.69, 9.17) is 0 Å². The summed E-state index contributed by atoms with van der Waals surface area (Å²) in [5, 5.41) is 0. The molecule has 0 aliphatic heterocycles. The van der Waals surface area contributed by atoms with Crippen LogP contribution in [0.1, 0.15) is 48.0 Å². The van der Waals surface area contributed by atoms with Crippen LogP contribution in [0.3, 0.4) is 0 Å². The summed E-state index contributed by atoms with van der Waals surface area (Å²) >= 11 is 0. The van der Waals surface area contributed by atoms with Gasteiger partial charge in [0.1, 0.15) is 0 Å². The van der Waals surface area contributed by atoms with E-state index in [0.29, 0.717) is 0 Å². The first kappa shape index (κ1) is 18.1. The highest BCUT2D eigenvalue weighted by Crippen LogP contribution is 2.27. The van der Waals surface area contributed by atoms with Crippen LogP contribution in [-0.2, 0) is 10.8 Å². The minimum absolute atomic E-state index is 0.0340. The first-order valence-electron chi connectivity index (χ1n) is 6.69. The Kier molecular flexibility index (Phi) is 6.71. The fraction of sp³-hybridized carbons (Fsp3) is 0.529. The molecule has 0 aromatic heterocycles. The molecule has 1 atom stereocenters. The summed E-state index contributed by atoms with van der Waals surface area (Å²) < 4.78 is 12.3.